The van der Waals surface area contributed by atoms with Crippen LogP contribution >= 0.6 is 12.2 Å². The Hall–Kier alpha value is -1.80. The first-order valence-corrected chi connectivity index (χ1v) is 8.00. The van der Waals surface area contributed by atoms with Crippen LogP contribution in [0.4, 0.5) is 5.69 Å². The number of hydrogen-bond donors (Lipinski definition) is 0. The van der Waals surface area contributed by atoms with Crippen LogP contribution in [0.2, 0.25) is 0 Å². The lowest BCUT2D eigenvalue weighted by Crippen LogP contribution is -2.08. The van der Waals surface area contributed by atoms with Crippen LogP contribution in [0.5, 0.6) is 0 Å². The predicted octanol–water partition coefficient (Wildman–Crippen LogP) is 5.82. The lowest BCUT2D eigenvalue weighted by atomic mass is 9.97. The number of para-hydroxylation sites is 1. The molecule has 0 heterocycles. The van der Waals surface area contributed by atoms with E-state index in [0.717, 1.165) is 22.7 Å². The Morgan fingerprint density at radius 2 is 1.32 bits per heavy atom. The number of thiocarbonyl (C=S) groups is 1. The van der Waals surface area contributed by atoms with Crippen molar-refractivity contribution in [3.63, 3.8) is 0 Å². The minimum atomic E-state index is 0.731. The first-order chi connectivity index (χ1) is 10.4. The smallest absolute Gasteiger partial charge is 0.0687 e. The molecule has 114 valence electrons. The molecule has 0 saturated carbocycles. The molecule has 2 rings (SSSR count). The van der Waals surface area contributed by atoms with E-state index in [2.05, 4.69) is 71.0 Å². The Bertz CT molecular complexity index is 701. The lowest BCUT2D eigenvalue weighted by molar-refractivity contribution is 1.30. The molecule has 2 heteroatoms. The molecule has 22 heavy (non-hydrogen) atoms. The minimum absolute atomic E-state index is 0.731. The van der Waals surface area contributed by atoms with Crippen LogP contribution in [0.3, 0.4) is 0 Å². The Morgan fingerprint density at radius 3 is 1.82 bits per heavy atom. The fraction of sp³-hybridized carbons (Fsp3) is 0.300. The maximum Gasteiger partial charge on any atom is 0.0687 e. The topological polar surface area (TPSA) is 12.4 Å². The third kappa shape index (κ3) is 3.69. The number of aliphatic imine (C=N–C) groups is 1. The lowest BCUT2D eigenvalue weighted by Gasteiger charge is -2.12. The van der Waals surface area contributed by atoms with Gasteiger partial charge in [0.05, 0.1) is 5.69 Å². The second-order valence-corrected chi connectivity index (χ2v) is 6.45. The van der Waals surface area contributed by atoms with E-state index >= 15 is 0 Å². The van der Waals surface area contributed by atoms with Crippen molar-refractivity contribution >= 4 is 28.5 Å². The summed E-state index contributed by atoms with van der Waals surface area (Å²) in [6, 6.07) is 12.6. The van der Waals surface area contributed by atoms with Crippen molar-refractivity contribution in [3.05, 3.63) is 64.2 Å². The van der Waals surface area contributed by atoms with Crippen molar-refractivity contribution in [2.45, 2.75) is 41.0 Å². The van der Waals surface area contributed by atoms with Crippen molar-refractivity contribution < 1.29 is 0 Å². The number of hydrogen-bond acceptors (Lipinski definition) is 2. The van der Waals surface area contributed by atoms with E-state index in [-0.39, 0.29) is 0 Å². The van der Waals surface area contributed by atoms with Crippen molar-refractivity contribution in [2.75, 3.05) is 0 Å². The standard InChI is InChI=1S/C20H23NS/c1-13-8-6-9-14(2)19(13)18(22)12-17(5)21-20-15(3)10-7-11-16(20)4/h6-11H,12H2,1-5H3. The Balaban J connectivity index is 2.27. The molecule has 0 amide bonds. The summed E-state index contributed by atoms with van der Waals surface area (Å²) in [5, 5.41) is 0. The summed E-state index contributed by atoms with van der Waals surface area (Å²) in [5.74, 6) is 0. The van der Waals surface area contributed by atoms with E-state index in [1.165, 1.54) is 27.8 Å². The third-order valence-electron chi connectivity index (χ3n) is 3.92. The SMILES string of the molecule is CC(CC(=S)c1c(C)cccc1C)=Nc1c(C)cccc1C. The van der Waals surface area contributed by atoms with E-state index in [0.29, 0.717) is 0 Å². The molecular formula is C20H23NS. The van der Waals surface area contributed by atoms with Crippen LogP contribution in [-0.4, -0.2) is 10.6 Å². The summed E-state index contributed by atoms with van der Waals surface area (Å²) in [6.45, 7) is 10.5. The van der Waals surface area contributed by atoms with Gasteiger partial charge in [0.2, 0.25) is 0 Å². The fourth-order valence-electron chi connectivity index (χ4n) is 2.79. The summed E-state index contributed by atoms with van der Waals surface area (Å²) in [4.78, 5) is 5.79. The van der Waals surface area contributed by atoms with Gasteiger partial charge in [-0.05, 0) is 62.4 Å². The van der Waals surface area contributed by atoms with Gasteiger partial charge in [-0.1, -0.05) is 48.6 Å². The van der Waals surface area contributed by atoms with Crippen molar-refractivity contribution in [3.8, 4) is 0 Å². The summed E-state index contributed by atoms with van der Waals surface area (Å²) < 4.78 is 0. The highest BCUT2D eigenvalue weighted by Crippen LogP contribution is 2.24. The first kappa shape index (κ1) is 16.6. The molecule has 0 spiro atoms. The molecule has 0 N–H and O–H groups in total. The van der Waals surface area contributed by atoms with Gasteiger partial charge in [-0.3, -0.25) is 4.99 Å². The quantitative estimate of drug-likeness (QED) is 0.394. The normalized spacial score (nSPS) is 11.6. The van der Waals surface area contributed by atoms with E-state index in [1.807, 2.05) is 0 Å². The van der Waals surface area contributed by atoms with Crippen molar-refractivity contribution in [2.24, 2.45) is 4.99 Å². The molecule has 0 bridgehead atoms. The Labute approximate surface area is 139 Å². The van der Waals surface area contributed by atoms with Gasteiger partial charge in [0.1, 0.15) is 0 Å². The van der Waals surface area contributed by atoms with Gasteiger partial charge < -0.3 is 0 Å². The largest absolute Gasteiger partial charge is 0.257 e. The molecule has 2 aromatic carbocycles. The van der Waals surface area contributed by atoms with Gasteiger partial charge in [0, 0.05) is 17.0 Å². The molecule has 0 aromatic heterocycles. The molecule has 0 fully saturated rings. The zero-order valence-corrected chi connectivity index (χ0v) is 14.8. The van der Waals surface area contributed by atoms with Crippen LogP contribution in [-0.2, 0) is 0 Å². The molecule has 0 atom stereocenters. The highest BCUT2D eigenvalue weighted by atomic mass is 32.1. The summed E-state index contributed by atoms with van der Waals surface area (Å²) in [6.07, 6.45) is 0.731. The van der Waals surface area contributed by atoms with Gasteiger partial charge >= 0.3 is 0 Å². The van der Waals surface area contributed by atoms with Crippen molar-refractivity contribution in [1.29, 1.82) is 0 Å². The van der Waals surface area contributed by atoms with Gasteiger partial charge in [0.15, 0.2) is 0 Å². The number of rotatable bonds is 4. The van der Waals surface area contributed by atoms with Crippen LogP contribution in [0, 0.1) is 27.7 Å². The molecule has 0 unspecified atom stereocenters. The van der Waals surface area contributed by atoms with Gasteiger partial charge in [-0.15, -0.1) is 0 Å². The molecule has 0 saturated heterocycles. The molecule has 2 aromatic rings. The molecule has 0 radical (unpaired) electrons. The molecular weight excluding hydrogens is 286 g/mol. The van der Waals surface area contributed by atoms with E-state index in [4.69, 9.17) is 17.2 Å². The average molecular weight is 309 g/mol. The van der Waals surface area contributed by atoms with E-state index in [9.17, 15) is 0 Å². The van der Waals surface area contributed by atoms with E-state index < -0.39 is 0 Å². The molecule has 0 aliphatic rings. The molecule has 0 aliphatic carbocycles. The summed E-state index contributed by atoms with van der Waals surface area (Å²) in [5.41, 5.74) is 8.23. The first-order valence-electron chi connectivity index (χ1n) is 7.60. The van der Waals surface area contributed by atoms with Crippen LogP contribution in [0.15, 0.2) is 41.4 Å². The maximum atomic E-state index is 5.67. The predicted molar refractivity (Wildman–Crippen MR) is 101 cm³/mol. The van der Waals surface area contributed by atoms with Crippen LogP contribution in [0.1, 0.15) is 41.2 Å². The average Bonchev–Trinajstić information content (AvgIpc) is 2.43. The maximum absolute atomic E-state index is 5.67. The van der Waals surface area contributed by atoms with Crippen molar-refractivity contribution in [1.82, 2.24) is 0 Å². The second kappa shape index (κ2) is 6.97. The fourth-order valence-corrected chi connectivity index (χ4v) is 3.32. The summed E-state index contributed by atoms with van der Waals surface area (Å²) >= 11 is 5.67. The highest BCUT2D eigenvalue weighted by Gasteiger charge is 2.10. The highest BCUT2D eigenvalue weighted by molar-refractivity contribution is 7.81. The van der Waals surface area contributed by atoms with E-state index in [1.54, 1.807) is 0 Å². The molecule has 1 nitrogen and oxygen atoms in total. The second-order valence-electron chi connectivity index (χ2n) is 5.95. The van der Waals surface area contributed by atoms with Gasteiger partial charge in [-0.2, -0.15) is 0 Å². The van der Waals surface area contributed by atoms with Gasteiger partial charge in [0.25, 0.3) is 0 Å². The summed E-state index contributed by atoms with van der Waals surface area (Å²) in [7, 11) is 0. The Morgan fingerprint density at radius 1 is 0.864 bits per heavy atom. The number of benzene rings is 2. The number of nitrogens with zero attached hydrogens (tertiary/aromatic N) is 1. The van der Waals surface area contributed by atoms with Crippen LogP contribution in [0.25, 0.3) is 0 Å². The minimum Gasteiger partial charge on any atom is -0.257 e. The van der Waals surface area contributed by atoms with Crippen LogP contribution < -0.4 is 0 Å². The number of aryl methyl sites for hydroxylation is 4. The zero-order chi connectivity index (χ0) is 16.3. The molecule has 0 aliphatic heterocycles. The zero-order valence-electron chi connectivity index (χ0n) is 14.0. The Kier molecular flexibility index (Phi) is 5.25. The third-order valence-corrected chi connectivity index (χ3v) is 4.27. The monoisotopic (exact) mass is 309 g/mol. The van der Waals surface area contributed by atoms with Gasteiger partial charge in [-0.25, -0.2) is 0 Å².